The number of carbonyl (C=O) groups excluding carboxylic acids is 1. The van der Waals surface area contributed by atoms with Gasteiger partial charge in [0.2, 0.25) is 5.91 Å². The van der Waals surface area contributed by atoms with E-state index in [0.717, 1.165) is 52.0 Å². The minimum Gasteiger partial charge on any atom is -0.384 e. The second kappa shape index (κ2) is 6.63. The van der Waals surface area contributed by atoms with Crippen molar-refractivity contribution in [2.75, 3.05) is 53.0 Å². The van der Waals surface area contributed by atoms with Crippen LogP contribution in [-0.2, 0) is 9.53 Å². The van der Waals surface area contributed by atoms with Gasteiger partial charge in [-0.25, -0.2) is 0 Å². The van der Waals surface area contributed by atoms with Crippen LogP contribution in [0.4, 0.5) is 0 Å². The van der Waals surface area contributed by atoms with Gasteiger partial charge in [0, 0.05) is 32.8 Å². The first-order valence-electron chi connectivity index (χ1n) is 8.48. The molecule has 3 heterocycles. The molecule has 1 N–H and O–H groups in total. The van der Waals surface area contributed by atoms with Gasteiger partial charge in [0.1, 0.15) is 0 Å². The molecule has 0 aliphatic carbocycles. The number of piperidine rings is 1. The van der Waals surface area contributed by atoms with E-state index in [0.29, 0.717) is 18.6 Å². The molecule has 21 heavy (non-hydrogen) atoms. The van der Waals surface area contributed by atoms with E-state index < -0.39 is 0 Å². The van der Waals surface area contributed by atoms with Crippen molar-refractivity contribution in [3.63, 3.8) is 0 Å². The Morgan fingerprint density at radius 3 is 2.76 bits per heavy atom. The van der Waals surface area contributed by atoms with Crippen LogP contribution >= 0.6 is 0 Å². The van der Waals surface area contributed by atoms with Crippen LogP contribution in [0, 0.1) is 5.41 Å². The van der Waals surface area contributed by atoms with E-state index in [9.17, 15) is 4.79 Å². The minimum absolute atomic E-state index is 0.284. The molecule has 3 aliphatic heterocycles. The van der Waals surface area contributed by atoms with Crippen molar-refractivity contribution in [3.8, 4) is 0 Å². The number of fused-ring (bicyclic) bond motifs is 1. The van der Waals surface area contributed by atoms with Gasteiger partial charge in [0.25, 0.3) is 0 Å². The highest BCUT2D eigenvalue weighted by atomic mass is 16.5. The molecule has 5 heteroatoms. The number of hydrogen-bond donors (Lipinski definition) is 1. The molecule has 0 saturated carbocycles. The fourth-order valence-corrected chi connectivity index (χ4v) is 4.33. The number of methoxy groups -OCH3 is 1. The van der Waals surface area contributed by atoms with Gasteiger partial charge in [-0.15, -0.1) is 0 Å². The summed E-state index contributed by atoms with van der Waals surface area (Å²) in [5.41, 5.74) is -0.284. The molecule has 5 nitrogen and oxygen atoms in total. The molecule has 0 aromatic heterocycles. The lowest BCUT2D eigenvalue weighted by Gasteiger charge is -2.40. The normalized spacial score (nSPS) is 30.0. The first-order chi connectivity index (χ1) is 10.2. The summed E-state index contributed by atoms with van der Waals surface area (Å²) in [7, 11) is 1.72. The predicted molar refractivity (Wildman–Crippen MR) is 82.2 cm³/mol. The standard InChI is InChI=1S/C16H29N3O2/c1-21-13-16(5-7-17-8-6-16)15(20)19-11-3-10-18-9-2-4-14(18)12-19/h14,17H,2-13H2,1H3. The van der Waals surface area contributed by atoms with Crippen molar-refractivity contribution >= 4 is 5.91 Å². The summed E-state index contributed by atoms with van der Waals surface area (Å²) >= 11 is 0. The van der Waals surface area contributed by atoms with Gasteiger partial charge < -0.3 is 15.0 Å². The Morgan fingerprint density at radius 2 is 2.00 bits per heavy atom. The number of amides is 1. The van der Waals surface area contributed by atoms with E-state index in [4.69, 9.17) is 4.74 Å². The van der Waals surface area contributed by atoms with Crippen molar-refractivity contribution in [2.24, 2.45) is 5.41 Å². The molecule has 3 fully saturated rings. The summed E-state index contributed by atoms with van der Waals surface area (Å²) in [6, 6.07) is 0.595. The minimum atomic E-state index is -0.284. The molecule has 3 saturated heterocycles. The zero-order chi connectivity index (χ0) is 14.7. The summed E-state index contributed by atoms with van der Waals surface area (Å²) in [5.74, 6) is 0.347. The van der Waals surface area contributed by atoms with Crippen molar-refractivity contribution in [2.45, 2.75) is 38.1 Å². The van der Waals surface area contributed by atoms with E-state index >= 15 is 0 Å². The zero-order valence-electron chi connectivity index (χ0n) is 13.3. The van der Waals surface area contributed by atoms with Crippen LogP contribution in [0.3, 0.4) is 0 Å². The second-order valence-electron chi connectivity index (χ2n) is 6.90. The third-order valence-corrected chi connectivity index (χ3v) is 5.53. The summed E-state index contributed by atoms with van der Waals surface area (Å²) in [5, 5.41) is 3.37. The number of nitrogens with one attached hydrogen (secondary N) is 1. The van der Waals surface area contributed by atoms with Crippen molar-refractivity contribution < 1.29 is 9.53 Å². The molecular formula is C16H29N3O2. The fourth-order valence-electron chi connectivity index (χ4n) is 4.33. The Kier molecular flexibility index (Phi) is 4.82. The largest absolute Gasteiger partial charge is 0.384 e. The van der Waals surface area contributed by atoms with Gasteiger partial charge in [-0.05, 0) is 51.7 Å². The summed E-state index contributed by atoms with van der Waals surface area (Å²) in [6.07, 6.45) is 5.47. The number of hydrogen-bond acceptors (Lipinski definition) is 4. The van der Waals surface area contributed by atoms with Crippen LogP contribution in [0.5, 0.6) is 0 Å². The number of rotatable bonds is 3. The number of ether oxygens (including phenoxy) is 1. The van der Waals surface area contributed by atoms with Crippen LogP contribution in [0.15, 0.2) is 0 Å². The van der Waals surface area contributed by atoms with Crippen LogP contribution in [0.25, 0.3) is 0 Å². The smallest absolute Gasteiger partial charge is 0.231 e. The molecule has 0 aromatic carbocycles. The summed E-state index contributed by atoms with van der Waals surface area (Å²) < 4.78 is 5.43. The van der Waals surface area contributed by atoms with E-state index in [2.05, 4.69) is 15.1 Å². The van der Waals surface area contributed by atoms with Crippen LogP contribution in [-0.4, -0.2) is 74.7 Å². The molecule has 0 radical (unpaired) electrons. The first kappa shape index (κ1) is 15.3. The molecular weight excluding hydrogens is 266 g/mol. The molecule has 0 aromatic rings. The Balaban J connectivity index is 1.72. The highest BCUT2D eigenvalue weighted by Gasteiger charge is 2.43. The molecule has 1 unspecified atom stereocenters. The fraction of sp³-hybridized carbons (Fsp3) is 0.938. The Morgan fingerprint density at radius 1 is 1.24 bits per heavy atom. The molecule has 0 bridgehead atoms. The van der Waals surface area contributed by atoms with E-state index in [1.165, 1.54) is 19.4 Å². The van der Waals surface area contributed by atoms with Gasteiger partial charge in [0.05, 0.1) is 12.0 Å². The monoisotopic (exact) mass is 295 g/mol. The summed E-state index contributed by atoms with van der Waals surface area (Å²) in [6.45, 7) is 6.66. The van der Waals surface area contributed by atoms with E-state index in [1.54, 1.807) is 7.11 Å². The number of nitrogens with zero attached hydrogens (tertiary/aromatic N) is 2. The maximum Gasteiger partial charge on any atom is 0.231 e. The highest BCUT2D eigenvalue weighted by molar-refractivity contribution is 5.83. The zero-order valence-corrected chi connectivity index (χ0v) is 13.3. The topological polar surface area (TPSA) is 44.8 Å². The van der Waals surface area contributed by atoms with Crippen LogP contribution in [0.1, 0.15) is 32.1 Å². The van der Waals surface area contributed by atoms with Crippen molar-refractivity contribution in [1.82, 2.24) is 15.1 Å². The molecule has 120 valence electrons. The lowest BCUT2D eigenvalue weighted by Crippen LogP contribution is -2.53. The van der Waals surface area contributed by atoms with Crippen molar-refractivity contribution in [3.05, 3.63) is 0 Å². The Hall–Kier alpha value is -0.650. The Labute approximate surface area is 128 Å². The first-order valence-corrected chi connectivity index (χ1v) is 8.48. The maximum absolute atomic E-state index is 13.2. The number of carbonyl (C=O) groups is 1. The van der Waals surface area contributed by atoms with E-state index in [-0.39, 0.29) is 5.41 Å². The highest BCUT2D eigenvalue weighted by Crippen LogP contribution is 2.33. The van der Waals surface area contributed by atoms with Gasteiger partial charge in [-0.2, -0.15) is 0 Å². The SMILES string of the molecule is COCC1(C(=O)N2CCCN3CCCC3C2)CCNCC1. The Bertz CT molecular complexity index is 363. The maximum atomic E-state index is 13.2. The molecule has 1 atom stereocenters. The molecule has 3 aliphatic rings. The predicted octanol–water partition coefficient (Wildman–Crippen LogP) is 0.699. The van der Waals surface area contributed by atoms with Gasteiger partial charge in [-0.1, -0.05) is 0 Å². The molecule has 1 amide bonds. The van der Waals surface area contributed by atoms with Gasteiger partial charge in [0.15, 0.2) is 0 Å². The van der Waals surface area contributed by atoms with Crippen LogP contribution < -0.4 is 5.32 Å². The molecule has 3 rings (SSSR count). The quantitative estimate of drug-likeness (QED) is 0.832. The second-order valence-corrected chi connectivity index (χ2v) is 6.90. The van der Waals surface area contributed by atoms with Crippen LogP contribution in [0.2, 0.25) is 0 Å². The lowest BCUT2D eigenvalue weighted by atomic mass is 9.78. The third-order valence-electron chi connectivity index (χ3n) is 5.53. The van der Waals surface area contributed by atoms with Gasteiger partial charge >= 0.3 is 0 Å². The average molecular weight is 295 g/mol. The van der Waals surface area contributed by atoms with Crippen molar-refractivity contribution in [1.29, 1.82) is 0 Å². The third kappa shape index (κ3) is 3.10. The molecule has 0 spiro atoms. The van der Waals surface area contributed by atoms with E-state index in [1.807, 2.05) is 0 Å². The van der Waals surface area contributed by atoms with Gasteiger partial charge in [-0.3, -0.25) is 9.69 Å². The lowest BCUT2D eigenvalue weighted by molar-refractivity contribution is -0.147. The average Bonchev–Trinajstić information content (AvgIpc) is 2.85. The summed E-state index contributed by atoms with van der Waals surface area (Å²) in [4.78, 5) is 17.9.